The van der Waals surface area contributed by atoms with Crippen molar-refractivity contribution in [1.82, 2.24) is 8.87 Å². The van der Waals surface area contributed by atoms with Gasteiger partial charge < -0.3 is 14.6 Å². The molecule has 1 aromatic heterocycles. The predicted octanol–water partition coefficient (Wildman–Crippen LogP) is 5.83. The zero-order valence-corrected chi connectivity index (χ0v) is 23.3. The number of methoxy groups -OCH3 is 1. The first-order valence-electron chi connectivity index (χ1n) is 13.1. The number of ether oxygens (including phenoxy) is 1. The summed E-state index contributed by atoms with van der Waals surface area (Å²) >= 11 is 0. The molecule has 4 aromatic rings. The summed E-state index contributed by atoms with van der Waals surface area (Å²) in [4.78, 5) is 11.9. The molecule has 0 aliphatic carbocycles. The Labute approximate surface area is 229 Å². The Kier molecular flexibility index (Phi) is 7.59. The van der Waals surface area contributed by atoms with Crippen LogP contribution in [-0.4, -0.2) is 43.4 Å². The van der Waals surface area contributed by atoms with Crippen LogP contribution in [0.5, 0.6) is 5.75 Å². The van der Waals surface area contributed by atoms with Gasteiger partial charge in [0.1, 0.15) is 5.75 Å². The molecule has 2 heterocycles. The molecule has 0 saturated carbocycles. The summed E-state index contributed by atoms with van der Waals surface area (Å²) in [7, 11) is -1.98. The van der Waals surface area contributed by atoms with E-state index in [4.69, 9.17) is 4.74 Å². The average molecular weight is 544 g/mol. The first kappa shape index (κ1) is 26.7. The molecule has 1 aliphatic heterocycles. The molecule has 0 saturated heterocycles. The minimum atomic E-state index is -3.65. The molecule has 39 heavy (non-hydrogen) atoms. The van der Waals surface area contributed by atoms with E-state index < -0.39 is 10.0 Å². The molecule has 3 aromatic carbocycles. The molecular formula is C31H33N3O4S. The second-order valence-corrected chi connectivity index (χ2v) is 11.6. The van der Waals surface area contributed by atoms with Crippen LogP contribution in [0.1, 0.15) is 36.6 Å². The van der Waals surface area contributed by atoms with Gasteiger partial charge in [0.15, 0.2) is 0 Å². The number of para-hydroxylation sites is 1. The van der Waals surface area contributed by atoms with Gasteiger partial charge in [-0.3, -0.25) is 4.79 Å². The fraction of sp³-hybridized carbons (Fsp3) is 0.258. The zero-order chi connectivity index (χ0) is 27.6. The molecule has 7 nitrogen and oxygen atoms in total. The van der Waals surface area contributed by atoms with Gasteiger partial charge in [-0.1, -0.05) is 43.3 Å². The van der Waals surface area contributed by atoms with Crippen molar-refractivity contribution in [3.05, 3.63) is 95.7 Å². The average Bonchev–Trinajstić information content (AvgIpc) is 3.24. The van der Waals surface area contributed by atoms with E-state index in [1.165, 1.54) is 15.3 Å². The van der Waals surface area contributed by atoms with E-state index in [0.29, 0.717) is 38.2 Å². The summed E-state index contributed by atoms with van der Waals surface area (Å²) in [5.41, 5.74) is 6.39. The maximum atomic E-state index is 13.4. The second kappa shape index (κ2) is 11.1. The second-order valence-electron chi connectivity index (χ2n) is 9.68. The molecule has 5 rings (SSSR count). The lowest BCUT2D eigenvalue weighted by Crippen LogP contribution is -2.34. The Bertz CT molecular complexity index is 1650. The quantitative estimate of drug-likeness (QED) is 0.303. The van der Waals surface area contributed by atoms with E-state index in [9.17, 15) is 13.2 Å². The standard InChI is InChI=1S/C31H33N3O4S/c1-4-30(35)32-25-12-14-27(15-13-25)39(36,37)33-18-16-24(17-19-33)31-22(2)34(29-11-6-5-10-28(29)31)21-23-8-7-9-26(20-23)38-3/h5-16,20H,4,17-19,21H2,1-3H3,(H,32,35). The molecule has 8 heteroatoms. The van der Waals surface area contributed by atoms with Gasteiger partial charge in [0, 0.05) is 53.9 Å². The first-order chi connectivity index (χ1) is 18.8. The molecule has 0 bridgehead atoms. The summed E-state index contributed by atoms with van der Waals surface area (Å²) in [6, 6.07) is 22.9. The van der Waals surface area contributed by atoms with Crippen LogP contribution in [0.4, 0.5) is 5.69 Å². The number of hydrogen-bond acceptors (Lipinski definition) is 4. The van der Waals surface area contributed by atoms with Gasteiger partial charge in [0.25, 0.3) is 0 Å². The van der Waals surface area contributed by atoms with Gasteiger partial charge in [0.2, 0.25) is 15.9 Å². The van der Waals surface area contributed by atoms with Crippen LogP contribution in [0, 0.1) is 6.92 Å². The monoisotopic (exact) mass is 543 g/mol. The first-order valence-corrected chi connectivity index (χ1v) is 14.6. The van der Waals surface area contributed by atoms with E-state index in [-0.39, 0.29) is 10.8 Å². The maximum absolute atomic E-state index is 13.4. The van der Waals surface area contributed by atoms with Crippen LogP contribution in [0.25, 0.3) is 16.5 Å². The fourth-order valence-corrected chi connectivity index (χ4v) is 6.58. The molecule has 0 radical (unpaired) electrons. The molecule has 0 atom stereocenters. The number of rotatable bonds is 8. The maximum Gasteiger partial charge on any atom is 0.243 e. The largest absolute Gasteiger partial charge is 0.497 e. The fourth-order valence-electron chi connectivity index (χ4n) is 5.20. The lowest BCUT2D eigenvalue weighted by Gasteiger charge is -2.26. The number of aromatic nitrogens is 1. The third-order valence-electron chi connectivity index (χ3n) is 7.30. The Morgan fingerprint density at radius 1 is 1.03 bits per heavy atom. The molecule has 1 N–H and O–H groups in total. The number of nitrogens with one attached hydrogen (secondary N) is 1. The van der Waals surface area contributed by atoms with Crippen molar-refractivity contribution in [2.24, 2.45) is 0 Å². The highest BCUT2D eigenvalue weighted by molar-refractivity contribution is 7.89. The third kappa shape index (κ3) is 5.35. The topological polar surface area (TPSA) is 80.6 Å². The van der Waals surface area contributed by atoms with E-state index in [1.54, 1.807) is 38.3 Å². The van der Waals surface area contributed by atoms with Gasteiger partial charge in [0.05, 0.1) is 12.0 Å². The Morgan fingerprint density at radius 2 is 1.79 bits per heavy atom. The highest BCUT2D eigenvalue weighted by atomic mass is 32.2. The van der Waals surface area contributed by atoms with Gasteiger partial charge in [-0.15, -0.1) is 0 Å². The van der Waals surface area contributed by atoms with Crippen molar-refractivity contribution in [3.8, 4) is 5.75 Å². The van der Waals surface area contributed by atoms with Gasteiger partial charge in [-0.25, -0.2) is 8.42 Å². The van der Waals surface area contributed by atoms with Crippen molar-refractivity contribution in [2.75, 3.05) is 25.5 Å². The molecule has 1 amide bonds. The summed E-state index contributed by atoms with van der Waals surface area (Å²) in [6.07, 6.45) is 3.03. The Morgan fingerprint density at radius 3 is 2.49 bits per heavy atom. The minimum absolute atomic E-state index is 0.112. The van der Waals surface area contributed by atoms with Crippen molar-refractivity contribution in [3.63, 3.8) is 0 Å². The van der Waals surface area contributed by atoms with Gasteiger partial charge >= 0.3 is 0 Å². The number of hydrogen-bond donors (Lipinski definition) is 1. The van der Waals surface area contributed by atoms with E-state index in [1.807, 2.05) is 24.3 Å². The van der Waals surface area contributed by atoms with Crippen molar-refractivity contribution in [1.29, 1.82) is 0 Å². The van der Waals surface area contributed by atoms with E-state index in [0.717, 1.165) is 28.1 Å². The summed E-state index contributed by atoms with van der Waals surface area (Å²) in [5, 5.41) is 3.92. The number of amides is 1. The number of fused-ring (bicyclic) bond motifs is 1. The number of nitrogens with zero attached hydrogens (tertiary/aromatic N) is 2. The van der Waals surface area contributed by atoms with Crippen LogP contribution in [0.3, 0.4) is 0 Å². The van der Waals surface area contributed by atoms with Crippen LogP contribution in [0.15, 0.2) is 83.8 Å². The molecular weight excluding hydrogens is 510 g/mol. The number of carbonyl (C=O) groups is 1. The predicted molar refractivity (Wildman–Crippen MR) is 155 cm³/mol. The normalized spacial score (nSPS) is 14.3. The van der Waals surface area contributed by atoms with Gasteiger partial charge in [-0.2, -0.15) is 4.31 Å². The van der Waals surface area contributed by atoms with E-state index in [2.05, 4.69) is 47.1 Å². The van der Waals surface area contributed by atoms with Crippen molar-refractivity contribution in [2.45, 2.75) is 38.1 Å². The lowest BCUT2D eigenvalue weighted by atomic mass is 9.97. The highest BCUT2D eigenvalue weighted by Gasteiger charge is 2.28. The third-order valence-corrected chi connectivity index (χ3v) is 9.18. The van der Waals surface area contributed by atoms with Crippen LogP contribution in [-0.2, 0) is 21.4 Å². The smallest absolute Gasteiger partial charge is 0.243 e. The SMILES string of the molecule is CCC(=O)Nc1ccc(S(=O)(=O)N2CC=C(c3c(C)n(Cc4cccc(OC)c4)c4ccccc34)CC2)cc1. The molecule has 0 fully saturated rings. The summed E-state index contributed by atoms with van der Waals surface area (Å²) in [5.74, 6) is 0.720. The number of sulfonamides is 1. The lowest BCUT2D eigenvalue weighted by molar-refractivity contribution is -0.115. The molecule has 0 spiro atoms. The summed E-state index contributed by atoms with van der Waals surface area (Å²) < 4.78 is 36.0. The molecule has 202 valence electrons. The minimum Gasteiger partial charge on any atom is -0.497 e. The Hall–Kier alpha value is -3.88. The zero-order valence-electron chi connectivity index (χ0n) is 22.5. The van der Waals surface area contributed by atoms with Crippen molar-refractivity contribution >= 4 is 38.1 Å². The van der Waals surface area contributed by atoms with Crippen LogP contribution < -0.4 is 10.1 Å². The number of benzene rings is 3. The number of anilines is 1. The highest BCUT2D eigenvalue weighted by Crippen LogP contribution is 2.36. The summed E-state index contributed by atoms with van der Waals surface area (Å²) in [6.45, 7) is 5.33. The van der Waals surface area contributed by atoms with Crippen LogP contribution >= 0.6 is 0 Å². The van der Waals surface area contributed by atoms with Crippen molar-refractivity contribution < 1.29 is 17.9 Å². The van der Waals surface area contributed by atoms with Gasteiger partial charge in [-0.05, 0) is 66.9 Å². The number of carbonyl (C=O) groups excluding carboxylic acids is 1. The Balaban J connectivity index is 1.41. The van der Waals surface area contributed by atoms with Crippen LogP contribution in [0.2, 0.25) is 0 Å². The van der Waals surface area contributed by atoms with E-state index >= 15 is 0 Å². The molecule has 1 aliphatic rings. The molecule has 0 unspecified atom stereocenters.